The zero-order valence-electron chi connectivity index (χ0n) is 18.7. The molecular weight excluding hydrogens is 573 g/mol. The molecule has 0 aliphatic rings. The van der Waals surface area contributed by atoms with Crippen molar-refractivity contribution in [2.75, 3.05) is 11.1 Å². The zero-order chi connectivity index (χ0) is 24.1. The minimum Gasteiger partial charge on any atom is -0.342 e. The minimum atomic E-state index is -0.394. The molecule has 1 atom stereocenters. The van der Waals surface area contributed by atoms with Gasteiger partial charge in [0.2, 0.25) is 5.91 Å². The van der Waals surface area contributed by atoms with Crippen molar-refractivity contribution in [3.63, 3.8) is 0 Å². The Morgan fingerprint density at radius 2 is 1.88 bits per heavy atom. The third kappa shape index (κ3) is 6.48. The minimum absolute atomic E-state index is 0.118. The molecule has 3 rings (SSSR count). The SMILES string of the molecule is CC(C)c1cc(I)ccc1NC(=O)CSc1nnc([C@@H](C)NC(=O)c2ccccc2Cl)n1C. The van der Waals surface area contributed by atoms with Crippen molar-refractivity contribution < 1.29 is 9.59 Å². The summed E-state index contributed by atoms with van der Waals surface area (Å²) in [6.45, 7) is 6.02. The highest BCUT2D eigenvalue weighted by molar-refractivity contribution is 14.1. The van der Waals surface area contributed by atoms with Gasteiger partial charge in [0.15, 0.2) is 11.0 Å². The number of nitrogens with zero attached hydrogens (tertiary/aromatic N) is 3. The summed E-state index contributed by atoms with van der Waals surface area (Å²) in [5, 5.41) is 15.3. The van der Waals surface area contributed by atoms with E-state index < -0.39 is 6.04 Å². The molecule has 7 nitrogen and oxygen atoms in total. The molecule has 0 bridgehead atoms. The van der Waals surface area contributed by atoms with E-state index >= 15 is 0 Å². The molecule has 10 heteroatoms. The highest BCUT2D eigenvalue weighted by atomic mass is 127. The van der Waals surface area contributed by atoms with E-state index in [1.165, 1.54) is 11.8 Å². The fourth-order valence-corrected chi connectivity index (χ4v) is 4.71. The first-order valence-corrected chi connectivity index (χ1v) is 12.8. The molecule has 1 heterocycles. The molecular formula is C23H25ClIN5O2S. The van der Waals surface area contributed by atoms with E-state index in [1.807, 2.05) is 26.1 Å². The fraction of sp³-hybridized carbons (Fsp3) is 0.304. The maximum absolute atomic E-state index is 12.6. The van der Waals surface area contributed by atoms with Crippen molar-refractivity contribution in [2.45, 2.75) is 37.9 Å². The Labute approximate surface area is 216 Å². The number of nitrogens with one attached hydrogen (secondary N) is 2. The van der Waals surface area contributed by atoms with Crippen LogP contribution in [0.15, 0.2) is 47.6 Å². The van der Waals surface area contributed by atoms with Crippen molar-refractivity contribution in [3.05, 3.63) is 68.0 Å². The normalized spacial score (nSPS) is 12.0. The van der Waals surface area contributed by atoms with E-state index in [-0.39, 0.29) is 17.6 Å². The van der Waals surface area contributed by atoms with Crippen molar-refractivity contribution in [3.8, 4) is 0 Å². The third-order valence-electron chi connectivity index (χ3n) is 4.96. The van der Waals surface area contributed by atoms with Gasteiger partial charge in [-0.3, -0.25) is 9.59 Å². The van der Waals surface area contributed by atoms with Gasteiger partial charge in [0.1, 0.15) is 0 Å². The van der Waals surface area contributed by atoms with E-state index in [2.05, 4.69) is 63.3 Å². The Bertz CT molecular complexity index is 1170. The topological polar surface area (TPSA) is 88.9 Å². The highest BCUT2D eigenvalue weighted by Gasteiger charge is 2.20. The summed E-state index contributed by atoms with van der Waals surface area (Å²) in [7, 11) is 1.81. The Morgan fingerprint density at radius 3 is 2.58 bits per heavy atom. The van der Waals surface area contributed by atoms with E-state index in [9.17, 15) is 9.59 Å². The predicted molar refractivity (Wildman–Crippen MR) is 141 cm³/mol. The average Bonchev–Trinajstić information content (AvgIpc) is 3.14. The smallest absolute Gasteiger partial charge is 0.253 e. The molecule has 1 aromatic heterocycles. The van der Waals surface area contributed by atoms with Crippen LogP contribution in [0.1, 0.15) is 54.5 Å². The molecule has 0 unspecified atom stereocenters. The lowest BCUT2D eigenvalue weighted by molar-refractivity contribution is -0.113. The first-order chi connectivity index (χ1) is 15.7. The molecule has 0 saturated heterocycles. The number of thioether (sulfide) groups is 1. The Kier molecular flexibility index (Phi) is 8.77. The zero-order valence-corrected chi connectivity index (χ0v) is 22.5. The van der Waals surface area contributed by atoms with Crippen LogP contribution in [0.25, 0.3) is 0 Å². The predicted octanol–water partition coefficient (Wildman–Crippen LogP) is 5.42. The molecule has 0 radical (unpaired) electrons. The molecule has 0 saturated carbocycles. The number of amides is 2. The second kappa shape index (κ2) is 11.3. The van der Waals surface area contributed by atoms with Gasteiger partial charge in [-0.25, -0.2) is 0 Å². The molecule has 0 aliphatic heterocycles. The monoisotopic (exact) mass is 597 g/mol. The van der Waals surface area contributed by atoms with Gasteiger partial charge in [-0.2, -0.15) is 0 Å². The third-order valence-corrected chi connectivity index (χ3v) is 6.98. The lowest BCUT2D eigenvalue weighted by atomic mass is 10.0. The number of carbonyl (C=O) groups is 2. The standard InChI is InChI=1S/C23H25ClIN5O2S/c1-13(2)17-11-15(25)9-10-19(17)27-20(31)12-33-23-29-28-21(30(23)4)14(3)26-22(32)16-7-5-6-8-18(16)24/h5-11,13-14H,12H2,1-4H3,(H,26,32)(H,27,31)/t14-/m1/s1. The summed E-state index contributed by atoms with van der Waals surface area (Å²) in [5.74, 6) is 0.663. The Balaban J connectivity index is 1.61. The van der Waals surface area contributed by atoms with Gasteiger partial charge in [0.25, 0.3) is 5.91 Å². The first-order valence-electron chi connectivity index (χ1n) is 10.3. The number of hydrogen-bond acceptors (Lipinski definition) is 5. The summed E-state index contributed by atoms with van der Waals surface area (Å²) < 4.78 is 2.91. The number of benzene rings is 2. The van der Waals surface area contributed by atoms with E-state index in [4.69, 9.17) is 11.6 Å². The quantitative estimate of drug-likeness (QED) is 0.268. The molecule has 33 heavy (non-hydrogen) atoms. The summed E-state index contributed by atoms with van der Waals surface area (Å²) in [6, 6.07) is 12.5. The number of rotatable bonds is 8. The van der Waals surface area contributed by atoms with Crippen LogP contribution in [-0.2, 0) is 11.8 Å². The molecule has 0 spiro atoms. The number of anilines is 1. The first kappa shape index (κ1) is 25.5. The second-order valence-electron chi connectivity index (χ2n) is 7.80. The second-order valence-corrected chi connectivity index (χ2v) is 10.4. The lowest BCUT2D eigenvalue weighted by Gasteiger charge is -2.15. The molecule has 2 aromatic carbocycles. The van der Waals surface area contributed by atoms with E-state index in [0.717, 1.165) is 14.8 Å². The van der Waals surface area contributed by atoms with Gasteiger partial charge in [-0.1, -0.05) is 49.3 Å². The molecule has 0 aliphatic carbocycles. The number of carbonyl (C=O) groups excluding carboxylic acids is 2. The average molecular weight is 598 g/mol. The van der Waals surface area contributed by atoms with E-state index in [0.29, 0.717) is 27.5 Å². The Hall–Kier alpha value is -2.11. The van der Waals surface area contributed by atoms with Crippen molar-refractivity contribution in [1.29, 1.82) is 0 Å². The van der Waals surface area contributed by atoms with Crippen molar-refractivity contribution in [1.82, 2.24) is 20.1 Å². The Morgan fingerprint density at radius 1 is 1.15 bits per heavy atom. The van der Waals surface area contributed by atoms with E-state index in [1.54, 1.807) is 28.8 Å². The van der Waals surface area contributed by atoms with Crippen LogP contribution >= 0.6 is 46.0 Å². The van der Waals surface area contributed by atoms with Crippen molar-refractivity contribution >= 4 is 63.5 Å². The fourth-order valence-electron chi connectivity index (χ4n) is 3.25. The van der Waals surface area contributed by atoms with Crippen LogP contribution in [0, 0.1) is 3.57 Å². The molecule has 174 valence electrons. The van der Waals surface area contributed by atoms with Gasteiger partial charge >= 0.3 is 0 Å². The van der Waals surface area contributed by atoms with Crippen LogP contribution in [0.3, 0.4) is 0 Å². The van der Waals surface area contributed by atoms with Crippen LogP contribution in [0.5, 0.6) is 0 Å². The van der Waals surface area contributed by atoms with Gasteiger partial charge in [0, 0.05) is 16.3 Å². The van der Waals surface area contributed by atoms with Crippen LogP contribution in [-0.4, -0.2) is 32.3 Å². The van der Waals surface area contributed by atoms with Crippen molar-refractivity contribution in [2.24, 2.45) is 7.05 Å². The number of aromatic nitrogens is 3. The van der Waals surface area contributed by atoms with Crippen LogP contribution in [0.4, 0.5) is 5.69 Å². The van der Waals surface area contributed by atoms with Gasteiger partial charge in [-0.15, -0.1) is 10.2 Å². The molecule has 2 N–H and O–H groups in total. The molecule has 0 fully saturated rings. The summed E-state index contributed by atoms with van der Waals surface area (Å²) in [6.07, 6.45) is 0. The van der Waals surface area contributed by atoms with Gasteiger partial charge in [0.05, 0.1) is 22.4 Å². The summed E-state index contributed by atoms with van der Waals surface area (Å²) >= 11 is 9.67. The number of hydrogen-bond donors (Lipinski definition) is 2. The highest BCUT2D eigenvalue weighted by Crippen LogP contribution is 2.27. The number of halogens is 2. The van der Waals surface area contributed by atoms with Gasteiger partial charge in [-0.05, 0) is 71.3 Å². The summed E-state index contributed by atoms with van der Waals surface area (Å²) in [4.78, 5) is 25.1. The largest absolute Gasteiger partial charge is 0.342 e. The maximum atomic E-state index is 12.6. The lowest BCUT2D eigenvalue weighted by Crippen LogP contribution is -2.28. The van der Waals surface area contributed by atoms with Crippen LogP contribution in [0.2, 0.25) is 5.02 Å². The van der Waals surface area contributed by atoms with Gasteiger partial charge < -0.3 is 15.2 Å². The molecule has 2 amide bonds. The van der Waals surface area contributed by atoms with Crippen LogP contribution < -0.4 is 10.6 Å². The summed E-state index contributed by atoms with van der Waals surface area (Å²) in [5.41, 5.74) is 2.32. The molecule has 3 aromatic rings. The maximum Gasteiger partial charge on any atom is 0.253 e.